The number of carbonyl (C=O) groups excluding carboxylic acids is 2. The Balaban J connectivity index is 1.36. The van der Waals surface area contributed by atoms with E-state index in [1.54, 1.807) is 23.1 Å². The Kier molecular flexibility index (Phi) is 4.05. The van der Waals surface area contributed by atoms with E-state index in [0.717, 1.165) is 32.1 Å². The van der Waals surface area contributed by atoms with E-state index in [-0.39, 0.29) is 12.1 Å². The van der Waals surface area contributed by atoms with E-state index in [1.807, 2.05) is 0 Å². The zero-order valence-corrected chi connectivity index (χ0v) is 16.0. The number of amides is 2. The summed E-state index contributed by atoms with van der Waals surface area (Å²) in [7, 11) is 1.34. The molecule has 6 rings (SSSR count). The van der Waals surface area contributed by atoms with Crippen LogP contribution in [0.15, 0.2) is 18.2 Å². The third-order valence-electron chi connectivity index (χ3n) is 7.02. The van der Waals surface area contributed by atoms with Crippen molar-refractivity contribution < 1.29 is 24.2 Å². The Morgan fingerprint density at radius 2 is 2.00 bits per heavy atom. The van der Waals surface area contributed by atoms with Crippen molar-refractivity contribution in [3.63, 3.8) is 0 Å². The Bertz CT molecular complexity index is 809. The zero-order valence-electron chi connectivity index (χ0n) is 16.0. The summed E-state index contributed by atoms with van der Waals surface area (Å²) in [5.41, 5.74) is 0.467. The minimum Gasteiger partial charge on any atom is -0.490 e. The number of nitrogens with zero attached hydrogens (tertiary/aromatic N) is 1. The number of ether oxygens (including phenoxy) is 2. The molecular weight excluding hydrogens is 360 g/mol. The van der Waals surface area contributed by atoms with Crippen molar-refractivity contribution in [2.24, 2.45) is 17.8 Å². The molecule has 4 aliphatic carbocycles. The fourth-order valence-corrected chi connectivity index (χ4v) is 6.11. The van der Waals surface area contributed by atoms with Gasteiger partial charge in [0.15, 0.2) is 0 Å². The van der Waals surface area contributed by atoms with Gasteiger partial charge in [-0.2, -0.15) is 0 Å². The molecule has 1 aromatic rings. The quantitative estimate of drug-likeness (QED) is 0.762. The average molecular weight is 386 g/mol. The number of nitrogens with one attached hydrogen (secondary N) is 1. The van der Waals surface area contributed by atoms with Crippen LogP contribution >= 0.6 is 0 Å². The molecule has 7 heteroatoms. The number of urea groups is 1. The molecule has 28 heavy (non-hydrogen) atoms. The lowest BCUT2D eigenvalue weighted by Crippen LogP contribution is -2.63. The van der Waals surface area contributed by atoms with Crippen molar-refractivity contribution in [3.8, 4) is 5.75 Å². The molecule has 2 unspecified atom stereocenters. The molecule has 7 nitrogen and oxygen atoms in total. The van der Waals surface area contributed by atoms with Gasteiger partial charge in [-0.05, 0) is 68.1 Å². The van der Waals surface area contributed by atoms with E-state index in [4.69, 9.17) is 9.47 Å². The lowest BCUT2D eigenvalue weighted by atomic mass is 9.52. The van der Waals surface area contributed by atoms with Crippen molar-refractivity contribution in [2.75, 3.05) is 25.2 Å². The zero-order chi connectivity index (χ0) is 19.5. The summed E-state index contributed by atoms with van der Waals surface area (Å²) in [5, 5.41) is 14.0. The maximum absolute atomic E-state index is 13.2. The van der Waals surface area contributed by atoms with Gasteiger partial charge in [0, 0.05) is 6.04 Å². The summed E-state index contributed by atoms with van der Waals surface area (Å²) >= 11 is 0. The van der Waals surface area contributed by atoms with Crippen LogP contribution in [0.4, 0.5) is 10.5 Å². The lowest BCUT2D eigenvalue weighted by molar-refractivity contribution is -0.136. The van der Waals surface area contributed by atoms with Crippen LogP contribution in [0.1, 0.15) is 42.5 Å². The van der Waals surface area contributed by atoms with Gasteiger partial charge < -0.3 is 19.9 Å². The second kappa shape index (κ2) is 6.37. The highest BCUT2D eigenvalue weighted by Crippen LogP contribution is 2.55. The van der Waals surface area contributed by atoms with E-state index in [2.05, 4.69) is 5.32 Å². The molecule has 0 radical (unpaired) electrons. The molecule has 1 aliphatic heterocycles. The minimum absolute atomic E-state index is 0.111. The first-order valence-electron chi connectivity index (χ1n) is 10.1. The van der Waals surface area contributed by atoms with Gasteiger partial charge in [0.2, 0.25) is 0 Å². The molecular formula is C21H26N2O5. The molecule has 150 valence electrons. The highest BCUT2D eigenvalue weighted by Gasteiger charge is 2.55. The monoisotopic (exact) mass is 386 g/mol. The first kappa shape index (κ1) is 17.8. The van der Waals surface area contributed by atoms with Crippen LogP contribution in [0, 0.1) is 17.8 Å². The molecule has 0 spiro atoms. The number of esters is 1. The van der Waals surface area contributed by atoms with Gasteiger partial charge in [-0.3, -0.25) is 4.90 Å². The largest absolute Gasteiger partial charge is 0.490 e. The first-order valence-corrected chi connectivity index (χ1v) is 10.1. The SMILES string of the molecule is COC(=O)c1ccc2c(c1)N(C(=O)N[C@H]1C3CC4CC1C[C@](O)(C4)C3)CCO2. The number of rotatable bonds is 2. The number of benzene rings is 1. The normalized spacial score (nSPS) is 35.1. The number of aliphatic hydroxyl groups is 1. The highest BCUT2D eigenvalue weighted by atomic mass is 16.5. The molecule has 2 N–H and O–H groups in total. The fraction of sp³-hybridized carbons (Fsp3) is 0.619. The van der Waals surface area contributed by atoms with E-state index in [9.17, 15) is 14.7 Å². The fourth-order valence-electron chi connectivity index (χ4n) is 6.11. The van der Waals surface area contributed by atoms with Gasteiger partial charge in [0.25, 0.3) is 0 Å². The predicted octanol–water partition coefficient (Wildman–Crippen LogP) is 2.32. The molecule has 1 aromatic carbocycles. The van der Waals surface area contributed by atoms with Crippen molar-refractivity contribution >= 4 is 17.7 Å². The summed E-state index contributed by atoms with van der Waals surface area (Å²) in [6.07, 6.45) is 4.69. The molecule has 1 heterocycles. The topological polar surface area (TPSA) is 88.1 Å². The maximum atomic E-state index is 13.2. The van der Waals surface area contributed by atoms with Crippen molar-refractivity contribution in [1.29, 1.82) is 0 Å². The van der Waals surface area contributed by atoms with Gasteiger partial charge in [-0.15, -0.1) is 0 Å². The molecule has 4 saturated carbocycles. The smallest absolute Gasteiger partial charge is 0.337 e. The Morgan fingerprint density at radius 1 is 1.25 bits per heavy atom. The number of anilines is 1. The number of carbonyl (C=O) groups is 2. The van der Waals surface area contributed by atoms with Gasteiger partial charge in [0.1, 0.15) is 12.4 Å². The van der Waals surface area contributed by atoms with Gasteiger partial charge >= 0.3 is 12.0 Å². The second-order valence-electron chi connectivity index (χ2n) is 8.84. The van der Waals surface area contributed by atoms with Crippen LogP contribution in [0.5, 0.6) is 5.75 Å². The number of methoxy groups -OCH3 is 1. The minimum atomic E-state index is -0.515. The van der Waals surface area contributed by atoms with Crippen molar-refractivity contribution in [1.82, 2.24) is 5.32 Å². The molecule has 5 aliphatic rings. The van der Waals surface area contributed by atoms with Gasteiger partial charge in [-0.1, -0.05) is 0 Å². The van der Waals surface area contributed by atoms with Crippen molar-refractivity contribution in [3.05, 3.63) is 23.8 Å². The maximum Gasteiger partial charge on any atom is 0.337 e. The number of hydrogen-bond donors (Lipinski definition) is 2. The van der Waals surface area contributed by atoms with Crippen LogP contribution in [0.3, 0.4) is 0 Å². The molecule has 4 fully saturated rings. The number of hydrogen-bond acceptors (Lipinski definition) is 5. The molecule has 4 bridgehead atoms. The highest BCUT2D eigenvalue weighted by molar-refractivity contribution is 5.97. The number of fused-ring (bicyclic) bond motifs is 1. The van der Waals surface area contributed by atoms with E-state index >= 15 is 0 Å². The van der Waals surface area contributed by atoms with Crippen LogP contribution in [-0.2, 0) is 4.74 Å². The summed E-state index contributed by atoms with van der Waals surface area (Å²) in [4.78, 5) is 26.7. The summed E-state index contributed by atoms with van der Waals surface area (Å²) in [5.74, 6) is 1.45. The second-order valence-corrected chi connectivity index (χ2v) is 8.84. The first-order chi connectivity index (χ1) is 13.5. The molecule has 2 atom stereocenters. The van der Waals surface area contributed by atoms with Crippen LogP contribution in [0.2, 0.25) is 0 Å². The Hall–Kier alpha value is -2.28. The Labute approximate surface area is 164 Å². The predicted molar refractivity (Wildman–Crippen MR) is 101 cm³/mol. The van der Waals surface area contributed by atoms with Crippen LogP contribution in [-0.4, -0.2) is 49.0 Å². The molecule has 0 saturated heterocycles. The van der Waals surface area contributed by atoms with E-state index < -0.39 is 11.6 Å². The van der Waals surface area contributed by atoms with E-state index in [0.29, 0.717) is 47.9 Å². The lowest BCUT2D eigenvalue weighted by Gasteiger charge is -2.58. The van der Waals surface area contributed by atoms with Gasteiger partial charge in [0.05, 0.1) is 30.5 Å². The molecule has 0 aromatic heterocycles. The van der Waals surface area contributed by atoms with Gasteiger partial charge in [-0.25, -0.2) is 9.59 Å². The third-order valence-corrected chi connectivity index (χ3v) is 7.02. The van der Waals surface area contributed by atoms with Crippen LogP contribution in [0.25, 0.3) is 0 Å². The van der Waals surface area contributed by atoms with Crippen molar-refractivity contribution in [2.45, 2.75) is 43.7 Å². The van der Waals surface area contributed by atoms with Crippen LogP contribution < -0.4 is 15.0 Å². The summed E-state index contributed by atoms with van der Waals surface area (Å²) in [6.45, 7) is 0.843. The summed E-state index contributed by atoms with van der Waals surface area (Å²) in [6, 6.07) is 4.96. The summed E-state index contributed by atoms with van der Waals surface area (Å²) < 4.78 is 10.5. The third kappa shape index (κ3) is 2.83. The molecule has 2 amide bonds. The standard InChI is InChI=1S/C21H26N2O5/c1-27-19(24)13-2-3-17-16(8-13)23(4-5-28-17)20(25)22-18-14-6-12-7-15(18)11-21(26,9-12)10-14/h2-3,8,12,14-15,18,26H,4-7,9-11H2,1H3,(H,22,25)/t12?,14?,15?,18-,21-. The van der Waals surface area contributed by atoms with E-state index in [1.165, 1.54) is 7.11 Å². The Morgan fingerprint density at radius 3 is 2.68 bits per heavy atom. The average Bonchev–Trinajstić information content (AvgIpc) is 2.67.